The van der Waals surface area contributed by atoms with Crippen LogP contribution in [-0.4, -0.2) is 49.3 Å². The third-order valence-corrected chi connectivity index (χ3v) is 2.13. The number of ether oxygens (including phenoxy) is 2. The van der Waals surface area contributed by atoms with Gasteiger partial charge in [0.2, 0.25) is 0 Å². The number of hydrogen-bond donors (Lipinski definition) is 0. The molecule has 0 amide bonds. The van der Waals surface area contributed by atoms with E-state index in [1.54, 1.807) is 0 Å². The highest BCUT2D eigenvalue weighted by atomic mass is 16.6. The molecule has 0 aromatic rings. The molecule has 16 heavy (non-hydrogen) atoms. The maximum absolute atomic E-state index is 11.3. The Labute approximate surface area is 97.2 Å². The Morgan fingerprint density at radius 1 is 1.38 bits per heavy atom. The summed E-state index contributed by atoms with van der Waals surface area (Å²) in [5.74, 6) is -0.277. The zero-order valence-corrected chi connectivity index (χ0v) is 10.4. The fourth-order valence-corrected chi connectivity index (χ4v) is 1.42. The summed E-state index contributed by atoms with van der Waals surface area (Å²) in [5.41, 5.74) is -0.416. The van der Waals surface area contributed by atoms with Crippen molar-refractivity contribution in [2.24, 2.45) is 0 Å². The van der Waals surface area contributed by atoms with Crippen LogP contribution in [0.2, 0.25) is 0 Å². The van der Waals surface area contributed by atoms with Gasteiger partial charge < -0.3 is 9.47 Å². The molecular formula is C12H21NO3. The van der Waals surface area contributed by atoms with Crippen LogP contribution < -0.4 is 0 Å². The van der Waals surface area contributed by atoms with Crippen LogP contribution >= 0.6 is 0 Å². The maximum atomic E-state index is 11.3. The summed E-state index contributed by atoms with van der Waals surface area (Å²) in [5, 5.41) is 0. The quantitative estimate of drug-likeness (QED) is 0.537. The lowest BCUT2D eigenvalue weighted by Crippen LogP contribution is -2.36. The van der Waals surface area contributed by atoms with Gasteiger partial charge >= 0.3 is 5.97 Å². The molecular weight excluding hydrogens is 206 g/mol. The first kappa shape index (κ1) is 13.2. The number of nitrogens with zero attached hydrogens (tertiary/aromatic N) is 1. The van der Waals surface area contributed by atoms with Gasteiger partial charge in [-0.2, -0.15) is 0 Å². The molecule has 0 unspecified atom stereocenters. The van der Waals surface area contributed by atoms with Crippen LogP contribution in [0.4, 0.5) is 0 Å². The van der Waals surface area contributed by atoms with Gasteiger partial charge in [0.05, 0.1) is 13.2 Å². The lowest BCUT2D eigenvalue weighted by molar-refractivity contribution is -0.148. The van der Waals surface area contributed by atoms with Crippen molar-refractivity contribution in [2.75, 3.05) is 32.8 Å². The summed E-state index contributed by atoms with van der Waals surface area (Å²) in [4.78, 5) is 13.6. The molecule has 0 saturated carbocycles. The lowest BCUT2D eigenvalue weighted by Gasteiger charge is -2.25. The van der Waals surface area contributed by atoms with E-state index >= 15 is 0 Å². The van der Waals surface area contributed by atoms with Crippen molar-refractivity contribution in [2.45, 2.75) is 26.4 Å². The van der Waals surface area contributed by atoms with Gasteiger partial charge in [0.1, 0.15) is 5.60 Å². The predicted molar refractivity (Wildman–Crippen MR) is 62.2 cm³/mol. The Bertz CT molecular complexity index is 249. The van der Waals surface area contributed by atoms with Crippen LogP contribution in [0, 0.1) is 0 Å². The fraction of sp³-hybridized carbons (Fsp3) is 0.750. The number of hydrogen-bond acceptors (Lipinski definition) is 4. The zero-order chi connectivity index (χ0) is 12.0. The number of carbonyl (C=O) groups excluding carboxylic acids is 1. The fourth-order valence-electron chi connectivity index (χ4n) is 1.42. The smallest absolute Gasteiger partial charge is 0.330 e. The number of carbonyl (C=O) groups is 1. The molecule has 4 heteroatoms. The minimum atomic E-state index is -0.416. The highest BCUT2D eigenvalue weighted by Gasteiger charge is 2.14. The Balaban J connectivity index is 2.22. The second-order valence-electron chi connectivity index (χ2n) is 4.85. The largest absolute Gasteiger partial charge is 0.457 e. The van der Waals surface area contributed by atoms with Gasteiger partial charge in [-0.05, 0) is 20.8 Å². The summed E-state index contributed by atoms with van der Waals surface area (Å²) in [6, 6.07) is 0. The van der Waals surface area contributed by atoms with Gasteiger partial charge in [0, 0.05) is 25.7 Å². The van der Waals surface area contributed by atoms with Crippen molar-refractivity contribution in [3.8, 4) is 0 Å². The summed E-state index contributed by atoms with van der Waals surface area (Å²) < 4.78 is 10.4. The summed E-state index contributed by atoms with van der Waals surface area (Å²) in [6.45, 7) is 9.78. The third-order valence-electron chi connectivity index (χ3n) is 2.13. The van der Waals surface area contributed by atoms with E-state index < -0.39 is 5.60 Å². The van der Waals surface area contributed by atoms with Crippen LogP contribution in [0.3, 0.4) is 0 Å². The van der Waals surface area contributed by atoms with Gasteiger partial charge in [-0.25, -0.2) is 4.79 Å². The van der Waals surface area contributed by atoms with Crippen molar-refractivity contribution >= 4 is 5.97 Å². The van der Waals surface area contributed by atoms with E-state index in [0.717, 1.165) is 32.8 Å². The highest BCUT2D eigenvalue weighted by Crippen LogP contribution is 2.07. The molecule has 1 heterocycles. The van der Waals surface area contributed by atoms with E-state index in [4.69, 9.17) is 9.47 Å². The average Bonchev–Trinajstić information content (AvgIpc) is 2.16. The molecule has 0 aromatic heterocycles. The lowest BCUT2D eigenvalue weighted by atomic mass is 10.2. The van der Waals surface area contributed by atoms with Gasteiger partial charge in [-0.1, -0.05) is 6.08 Å². The number of esters is 1. The van der Waals surface area contributed by atoms with Crippen LogP contribution in [0.5, 0.6) is 0 Å². The first-order valence-corrected chi connectivity index (χ1v) is 5.67. The molecule has 0 aromatic carbocycles. The van der Waals surface area contributed by atoms with Crippen molar-refractivity contribution in [3.05, 3.63) is 12.2 Å². The van der Waals surface area contributed by atoms with E-state index in [1.807, 2.05) is 26.8 Å². The normalized spacial score (nSPS) is 18.9. The van der Waals surface area contributed by atoms with Crippen molar-refractivity contribution < 1.29 is 14.3 Å². The van der Waals surface area contributed by atoms with Gasteiger partial charge in [-0.15, -0.1) is 0 Å². The van der Waals surface area contributed by atoms with Crippen molar-refractivity contribution in [3.63, 3.8) is 0 Å². The summed E-state index contributed by atoms with van der Waals surface area (Å²) in [7, 11) is 0. The van der Waals surface area contributed by atoms with Gasteiger partial charge in [-0.3, -0.25) is 4.90 Å². The molecule has 0 spiro atoms. The second kappa shape index (κ2) is 6.01. The zero-order valence-electron chi connectivity index (χ0n) is 10.4. The topological polar surface area (TPSA) is 38.8 Å². The van der Waals surface area contributed by atoms with Crippen LogP contribution in [0.25, 0.3) is 0 Å². The third kappa shape index (κ3) is 5.88. The minimum Gasteiger partial charge on any atom is -0.457 e. The molecule has 1 aliphatic heterocycles. The number of morpholine rings is 1. The summed E-state index contributed by atoms with van der Waals surface area (Å²) >= 11 is 0. The summed E-state index contributed by atoms with van der Waals surface area (Å²) in [6.07, 6.45) is 3.35. The first-order valence-electron chi connectivity index (χ1n) is 5.67. The SMILES string of the molecule is CC(C)(C)OC(=O)C=CCN1CCOCC1. The molecule has 0 atom stereocenters. The monoisotopic (exact) mass is 227 g/mol. The molecule has 1 aliphatic rings. The van der Waals surface area contributed by atoms with Crippen LogP contribution in [-0.2, 0) is 14.3 Å². The Hall–Kier alpha value is -0.870. The van der Waals surface area contributed by atoms with E-state index in [9.17, 15) is 4.79 Å². The average molecular weight is 227 g/mol. The molecule has 0 aliphatic carbocycles. The first-order chi connectivity index (χ1) is 7.47. The van der Waals surface area contributed by atoms with Gasteiger partial charge in [0.15, 0.2) is 0 Å². The highest BCUT2D eigenvalue weighted by molar-refractivity contribution is 5.82. The molecule has 4 nitrogen and oxygen atoms in total. The number of rotatable bonds is 3. The molecule has 0 bridgehead atoms. The molecule has 1 rings (SSSR count). The second-order valence-corrected chi connectivity index (χ2v) is 4.85. The Morgan fingerprint density at radius 2 is 2.00 bits per heavy atom. The van der Waals surface area contributed by atoms with Crippen molar-refractivity contribution in [1.82, 2.24) is 4.90 Å². The molecule has 92 valence electrons. The van der Waals surface area contributed by atoms with E-state index in [1.165, 1.54) is 6.08 Å². The van der Waals surface area contributed by atoms with Crippen LogP contribution in [0.15, 0.2) is 12.2 Å². The molecule has 0 radical (unpaired) electrons. The van der Waals surface area contributed by atoms with Gasteiger partial charge in [0.25, 0.3) is 0 Å². The van der Waals surface area contributed by atoms with E-state index in [0.29, 0.717) is 0 Å². The maximum Gasteiger partial charge on any atom is 0.330 e. The molecule has 0 N–H and O–H groups in total. The van der Waals surface area contributed by atoms with Crippen molar-refractivity contribution in [1.29, 1.82) is 0 Å². The Morgan fingerprint density at radius 3 is 2.56 bits per heavy atom. The predicted octanol–water partition coefficient (Wildman–Crippen LogP) is 1.22. The molecule has 1 saturated heterocycles. The standard InChI is InChI=1S/C12H21NO3/c1-12(2,3)16-11(14)5-4-6-13-7-9-15-10-8-13/h4-5H,6-10H2,1-3H3. The van der Waals surface area contributed by atoms with E-state index in [-0.39, 0.29) is 5.97 Å². The van der Waals surface area contributed by atoms with Crippen LogP contribution in [0.1, 0.15) is 20.8 Å². The van der Waals surface area contributed by atoms with E-state index in [2.05, 4.69) is 4.90 Å². The minimum absolute atomic E-state index is 0.277. The molecule has 1 fully saturated rings. The Kier molecular flexibility index (Phi) is 4.96.